The second kappa shape index (κ2) is 8.71. The number of carbonyl (C=O) groups excluding carboxylic acids is 1. The van der Waals surface area contributed by atoms with E-state index in [4.69, 9.17) is 0 Å². The van der Waals surface area contributed by atoms with Crippen molar-refractivity contribution in [2.24, 2.45) is 5.41 Å². The molecule has 1 aromatic carbocycles. The molecule has 1 saturated heterocycles. The number of ether oxygens (including phenoxy) is 1. The smallest absolute Gasteiger partial charge is 0.387 e. The summed E-state index contributed by atoms with van der Waals surface area (Å²) < 4.78 is 57.9. The Labute approximate surface area is 175 Å². The Hall–Kier alpha value is -2.49. The minimum atomic E-state index is -3.34. The number of thioether (sulfide) groups is 1. The Balaban J connectivity index is 1.97. The predicted molar refractivity (Wildman–Crippen MR) is 107 cm³/mol. The summed E-state index contributed by atoms with van der Waals surface area (Å²) in [5.74, 6) is -4.14. The first-order chi connectivity index (χ1) is 14.1. The maximum Gasteiger partial charge on any atom is 0.387 e. The van der Waals surface area contributed by atoms with Gasteiger partial charge in [0.15, 0.2) is 11.6 Å². The maximum absolute atomic E-state index is 14.3. The zero-order valence-electron chi connectivity index (χ0n) is 16.6. The molecule has 162 valence electrons. The van der Waals surface area contributed by atoms with Crippen molar-refractivity contribution in [2.75, 3.05) is 23.0 Å². The standard InChI is InChI=1S/C20H21F4N3O2S/c1-20(2)7-9-27(13-5-4-12(21)15(22)16(13)29-19(23)24)17(20)18(28)26-11-6-8-25-14(10-11)30-3/h4-6,8,10,17,19H,7,9H2,1-3H3,(H,25,26,28). The third-order valence-electron chi connectivity index (χ3n) is 5.05. The fraction of sp³-hybridized carbons (Fsp3) is 0.400. The van der Waals surface area contributed by atoms with Gasteiger partial charge in [0.05, 0.1) is 10.7 Å². The van der Waals surface area contributed by atoms with Crippen LogP contribution in [0, 0.1) is 17.0 Å². The van der Waals surface area contributed by atoms with Gasteiger partial charge in [0.25, 0.3) is 0 Å². The van der Waals surface area contributed by atoms with E-state index in [-0.39, 0.29) is 12.2 Å². The number of hydrogen-bond donors (Lipinski definition) is 1. The van der Waals surface area contributed by atoms with Crippen LogP contribution in [-0.2, 0) is 4.79 Å². The highest BCUT2D eigenvalue weighted by molar-refractivity contribution is 7.98. The second-order valence-corrected chi connectivity index (χ2v) is 8.33. The number of nitrogens with zero attached hydrogens (tertiary/aromatic N) is 2. The van der Waals surface area contributed by atoms with Crippen LogP contribution in [0.15, 0.2) is 35.5 Å². The molecule has 30 heavy (non-hydrogen) atoms. The average Bonchev–Trinajstić information content (AvgIpc) is 3.00. The number of hydrogen-bond acceptors (Lipinski definition) is 5. The van der Waals surface area contributed by atoms with E-state index in [1.165, 1.54) is 16.7 Å². The molecule has 1 aliphatic heterocycles. The third-order valence-corrected chi connectivity index (χ3v) is 5.70. The molecule has 0 bridgehead atoms. The summed E-state index contributed by atoms with van der Waals surface area (Å²) in [6, 6.07) is 4.49. The fourth-order valence-corrected chi connectivity index (χ4v) is 4.02. The molecule has 0 radical (unpaired) electrons. The number of aromatic nitrogens is 1. The summed E-state index contributed by atoms with van der Waals surface area (Å²) >= 11 is 1.41. The van der Waals surface area contributed by atoms with E-state index < -0.39 is 41.4 Å². The number of benzene rings is 1. The van der Waals surface area contributed by atoms with Gasteiger partial charge in [-0.25, -0.2) is 9.37 Å². The summed E-state index contributed by atoms with van der Waals surface area (Å²) in [4.78, 5) is 18.8. The topological polar surface area (TPSA) is 54.5 Å². The molecular formula is C20H21F4N3O2S. The molecule has 1 fully saturated rings. The van der Waals surface area contributed by atoms with Crippen molar-refractivity contribution in [3.8, 4) is 5.75 Å². The van der Waals surface area contributed by atoms with Gasteiger partial charge in [-0.05, 0) is 42.4 Å². The molecule has 1 aromatic heterocycles. The SMILES string of the molecule is CSc1cc(NC(=O)C2N(c3ccc(F)c(F)c3OC(F)F)CCC2(C)C)ccn1. The van der Waals surface area contributed by atoms with Gasteiger partial charge >= 0.3 is 6.61 Å². The van der Waals surface area contributed by atoms with E-state index in [9.17, 15) is 22.4 Å². The van der Waals surface area contributed by atoms with E-state index >= 15 is 0 Å². The zero-order chi connectivity index (χ0) is 22.1. The number of anilines is 2. The summed E-state index contributed by atoms with van der Waals surface area (Å²) in [5, 5.41) is 3.52. The largest absolute Gasteiger partial charge is 0.429 e. The van der Waals surface area contributed by atoms with E-state index in [0.717, 1.165) is 12.1 Å². The van der Waals surface area contributed by atoms with Crippen molar-refractivity contribution >= 4 is 29.0 Å². The zero-order valence-corrected chi connectivity index (χ0v) is 17.4. The molecule has 0 spiro atoms. The fourth-order valence-electron chi connectivity index (χ4n) is 3.61. The van der Waals surface area contributed by atoms with E-state index in [1.54, 1.807) is 18.3 Å². The predicted octanol–water partition coefficient (Wildman–Crippen LogP) is 4.93. The number of amides is 1. The molecule has 0 aliphatic carbocycles. The van der Waals surface area contributed by atoms with Crippen LogP contribution in [0.25, 0.3) is 0 Å². The van der Waals surface area contributed by atoms with Gasteiger partial charge in [-0.1, -0.05) is 13.8 Å². The molecule has 3 rings (SSSR count). The molecule has 1 aliphatic rings. The van der Waals surface area contributed by atoms with Crippen molar-refractivity contribution in [2.45, 2.75) is 37.9 Å². The Morgan fingerprint density at radius 1 is 1.33 bits per heavy atom. The molecule has 1 unspecified atom stereocenters. The van der Waals surface area contributed by atoms with Gasteiger partial charge in [0, 0.05) is 18.4 Å². The Kier molecular flexibility index (Phi) is 6.44. The van der Waals surface area contributed by atoms with Gasteiger partial charge in [0.1, 0.15) is 6.04 Å². The van der Waals surface area contributed by atoms with Crippen LogP contribution in [0.2, 0.25) is 0 Å². The van der Waals surface area contributed by atoms with Crippen LogP contribution >= 0.6 is 11.8 Å². The molecule has 1 N–H and O–H groups in total. The van der Waals surface area contributed by atoms with Crippen molar-refractivity contribution in [3.63, 3.8) is 0 Å². The lowest BCUT2D eigenvalue weighted by atomic mass is 9.84. The number of nitrogens with one attached hydrogen (secondary N) is 1. The lowest BCUT2D eigenvalue weighted by molar-refractivity contribution is -0.119. The van der Waals surface area contributed by atoms with E-state index in [0.29, 0.717) is 17.1 Å². The summed E-state index contributed by atoms with van der Waals surface area (Å²) in [5.41, 5.74) is -0.136. The molecule has 10 heteroatoms. The molecule has 0 saturated carbocycles. The lowest BCUT2D eigenvalue weighted by Crippen LogP contribution is -2.46. The van der Waals surface area contributed by atoms with E-state index in [1.807, 2.05) is 20.1 Å². The summed E-state index contributed by atoms with van der Waals surface area (Å²) in [6.07, 6.45) is 3.94. The van der Waals surface area contributed by atoms with Crippen molar-refractivity contribution < 1.29 is 27.1 Å². The second-order valence-electron chi connectivity index (χ2n) is 7.50. The highest BCUT2D eigenvalue weighted by Crippen LogP contribution is 2.44. The van der Waals surface area contributed by atoms with E-state index in [2.05, 4.69) is 15.0 Å². The van der Waals surface area contributed by atoms with Crippen LogP contribution in [0.3, 0.4) is 0 Å². The Morgan fingerprint density at radius 3 is 2.73 bits per heavy atom. The minimum Gasteiger partial charge on any atom is -0.429 e. The maximum atomic E-state index is 14.3. The summed E-state index contributed by atoms with van der Waals surface area (Å²) in [7, 11) is 0. The Morgan fingerprint density at radius 2 is 2.07 bits per heavy atom. The molecule has 2 aromatic rings. The van der Waals surface area contributed by atoms with Crippen molar-refractivity contribution in [3.05, 3.63) is 42.1 Å². The van der Waals surface area contributed by atoms with Gasteiger partial charge in [-0.15, -0.1) is 11.8 Å². The van der Waals surface area contributed by atoms with Crippen molar-refractivity contribution in [1.29, 1.82) is 0 Å². The van der Waals surface area contributed by atoms with Gasteiger partial charge in [0.2, 0.25) is 11.7 Å². The molecular weight excluding hydrogens is 422 g/mol. The minimum absolute atomic E-state index is 0.0977. The van der Waals surface area contributed by atoms with Crippen LogP contribution in [0.5, 0.6) is 5.75 Å². The highest BCUT2D eigenvalue weighted by atomic mass is 32.2. The number of rotatable bonds is 6. The first-order valence-corrected chi connectivity index (χ1v) is 10.4. The lowest BCUT2D eigenvalue weighted by Gasteiger charge is -2.33. The number of halogens is 4. The average molecular weight is 443 g/mol. The quantitative estimate of drug-likeness (QED) is 0.507. The normalized spacial score (nSPS) is 18.0. The van der Waals surface area contributed by atoms with Crippen LogP contribution in [0.1, 0.15) is 20.3 Å². The van der Waals surface area contributed by atoms with Gasteiger partial charge < -0.3 is 15.0 Å². The van der Waals surface area contributed by atoms with Crippen LogP contribution < -0.4 is 15.0 Å². The Bertz CT molecular complexity index is 942. The molecule has 1 amide bonds. The number of carbonyl (C=O) groups is 1. The highest BCUT2D eigenvalue weighted by Gasteiger charge is 2.46. The third kappa shape index (κ3) is 4.48. The molecule has 1 atom stereocenters. The van der Waals surface area contributed by atoms with Crippen LogP contribution in [0.4, 0.5) is 28.9 Å². The number of pyridine rings is 1. The first-order valence-electron chi connectivity index (χ1n) is 9.14. The van der Waals surface area contributed by atoms with Crippen molar-refractivity contribution in [1.82, 2.24) is 4.98 Å². The first kappa shape index (κ1) is 22.2. The van der Waals surface area contributed by atoms with Gasteiger partial charge in [-0.2, -0.15) is 13.2 Å². The molecule has 2 heterocycles. The van der Waals surface area contributed by atoms with Crippen LogP contribution in [-0.4, -0.2) is 36.3 Å². The van der Waals surface area contributed by atoms with Gasteiger partial charge in [-0.3, -0.25) is 4.79 Å². The monoisotopic (exact) mass is 443 g/mol. The summed E-state index contributed by atoms with van der Waals surface area (Å²) in [6.45, 7) is 0.641. The molecule has 5 nitrogen and oxygen atoms in total. The number of alkyl halides is 2.